The number of halogens is 1. The molecule has 1 N–H and O–H groups in total. The summed E-state index contributed by atoms with van der Waals surface area (Å²) in [6, 6.07) is 0.532. The minimum absolute atomic E-state index is 0. The lowest BCUT2D eigenvalue weighted by Gasteiger charge is -2.24. The lowest BCUT2D eigenvalue weighted by Crippen LogP contribution is -2.44. The molecule has 0 aromatic rings. The molecule has 1 saturated heterocycles. The van der Waals surface area contributed by atoms with Crippen LogP contribution in [0.15, 0.2) is 4.99 Å². The molecule has 1 aliphatic rings. The van der Waals surface area contributed by atoms with Gasteiger partial charge in [0.1, 0.15) is 0 Å². The molecule has 1 rings (SSSR count). The summed E-state index contributed by atoms with van der Waals surface area (Å²) in [4.78, 5) is 20.5. The third-order valence-electron chi connectivity index (χ3n) is 4.26. The zero-order valence-electron chi connectivity index (χ0n) is 14.6. The van der Waals surface area contributed by atoms with Crippen molar-refractivity contribution in [3.05, 3.63) is 0 Å². The predicted molar refractivity (Wildman–Crippen MR) is 101 cm³/mol. The Labute approximate surface area is 151 Å². The zero-order valence-corrected chi connectivity index (χ0v) is 17.0. The normalized spacial score (nSPS) is 22.0. The first-order valence-electron chi connectivity index (χ1n) is 7.64. The van der Waals surface area contributed by atoms with Gasteiger partial charge in [-0.2, -0.15) is 0 Å². The number of methoxy groups -OCH3 is 1. The summed E-state index contributed by atoms with van der Waals surface area (Å²) >= 11 is 0. The minimum atomic E-state index is -0.125. The van der Waals surface area contributed by atoms with E-state index >= 15 is 0 Å². The Bertz CT molecular complexity index is 377. The van der Waals surface area contributed by atoms with E-state index < -0.39 is 0 Å². The van der Waals surface area contributed by atoms with Crippen LogP contribution in [0.4, 0.5) is 0 Å². The van der Waals surface area contributed by atoms with Gasteiger partial charge in [0.15, 0.2) is 5.96 Å². The van der Waals surface area contributed by atoms with Gasteiger partial charge in [0.2, 0.25) is 0 Å². The van der Waals surface area contributed by atoms with Crippen LogP contribution in [0.5, 0.6) is 0 Å². The molecule has 2 unspecified atom stereocenters. The number of esters is 1. The maximum atomic E-state index is 11.7. The molecule has 6 nitrogen and oxygen atoms in total. The van der Waals surface area contributed by atoms with Crippen molar-refractivity contribution < 1.29 is 9.53 Å². The van der Waals surface area contributed by atoms with Gasteiger partial charge in [-0.15, -0.1) is 24.0 Å². The average molecular weight is 426 g/mol. The first-order valence-corrected chi connectivity index (χ1v) is 7.64. The number of carbonyl (C=O) groups excluding carboxylic acids is 1. The number of nitrogens with one attached hydrogen (secondary N) is 1. The number of rotatable bonds is 5. The number of hydrogen-bond donors (Lipinski definition) is 1. The highest BCUT2D eigenvalue weighted by Crippen LogP contribution is 2.23. The summed E-state index contributed by atoms with van der Waals surface area (Å²) in [5.74, 6) is 0.964. The van der Waals surface area contributed by atoms with E-state index in [1.165, 1.54) is 7.11 Å². The van der Waals surface area contributed by atoms with E-state index in [9.17, 15) is 4.79 Å². The van der Waals surface area contributed by atoms with Gasteiger partial charge in [0, 0.05) is 39.3 Å². The third-order valence-corrected chi connectivity index (χ3v) is 4.26. The minimum Gasteiger partial charge on any atom is -0.469 e. The van der Waals surface area contributed by atoms with Gasteiger partial charge >= 0.3 is 5.97 Å². The van der Waals surface area contributed by atoms with Gasteiger partial charge in [-0.1, -0.05) is 6.92 Å². The molecule has 0 aliphatic carbocycles. The van der Waals surface area contributed by atoms with Crippen molar-refractivity contribution in [1.82, 2.24) is 15.1 Å². The second-order valence-corrected chi connectivity index (χ2v) is 6.06. The van der Waals surface area contributed by atoms with Gasteiger partial charge in [0.05, 0.1) is 13.0 Å². The topological polar surface area (TPSA) is 57.2 Å². The molecular formula is C15H31IN4O2. The molecule has 2 atom stereocenters. The number of likely N-dealkylation sites (tertiary alicyclic amines) is 1. The monoisotopic (exact) mass is 426 g/mol. The molecule has 1 aliphatic heterocycles. The smallest absolute Gasteiger partial charge is 0.310 e. The number of aliphatic imine (C=N–C) groups is 1. The van der Waals surface area contributed by atoms with E-state index in [1.54, 1.807) is 7.05 Å². The first kappa shape index (κ1) is 21.4. The summed E-state index contributed by atoms with van der Waals surface area (Å²) < 4.78 is 4.87. The van der Waals surface area contributed by atoms with E-state index in [2.05, 4.69) is 47.9 Å². The maximum absolute atomic E-state index is 11.7. The van der Waals surface area contributed by atoms with E-state index in [0.29, 0.717) is 12.6 Å². The molecule has 0 aromatic heterocycles. The van der Waals surface area contributed by atoms with Gasteiger partial charge in [0.25, 0.3) is 0 Å². The Morgan fingerprint density at radius 2 is 2.09 bits per heavy atom. The van der Waals surface area contributed by atoms with Gasteiger partial charge in [-0.05, 0) is 26.8 Å². The molecule has 0 amide bonds. The lowest BCUT2D eigenvalue weighted by atomic mass is 9.99. The molecule has 1 fully saturated rings. The van der Waals surface area contributed by atoms with Crippen LogP contribution in [-0.2, 0) is 9.53 Å². The van der Waals surface area contributed by atoms with E-state index in [0.717, 1.165) is 25.6 Å². The third kappa shape index (κ3) is 5.91. The molecule has 0 aromatic carbocycles. The standard InChI is InChI=1S/C15H30N4O2.HI/c1-11(2)18(5)8-7-17-15(16-4)19-9-12(3)13(10-19)14(20)21-6;/h11-13H,7-10H2,1-6H3,(H,16,17);1H. The van der Waals surface area contributed by atoms with Crippen LogP contribution in [-0.4, -0.2) is 75.2 Å². The average Bonchev–Trinajstić information content (AvgIpc) is 2.84. The summed E-state index contributed by atoms with van der Waals surface area (Å²) in [5.41, 5.74) is 0. The molecule has 7 heteroatoms. The SMILES string of the molecule is CN=C(NCCN(C)C(C)C)N1CC(C)C(C(=O)OC)C1.I. The van der Waals surface area contributed by atoms with Crippen molar-refractivity contribution in [2.24, 2.45) is 16.8 Å². The summed E-state index contributed by atoms with van der Waals surface area (Å²) in [6.45, 7) is 9.75. The number of carbonyl (C=O) groups is 1. The van der Waals surface area contributed by atoms with Crippen molar-refractivity contribution in [1.29, 1.82) is 0 Å². The fourth-order valence-corrected chi connectivity index (χ4v) is 2.53. The summed E-state index contributed by atoms with van der Waals surface area (Å²) in [7, 11) is 5.34. The highest BCUT2D eigenvalue weighted by molar-refractivity contribution is 14.0. The second kappa shape index (κ2) is 10.3. The largest absolute Gasteiger partial charge is 0.469 e. The van der Waals surface area contributed by atoms with Crippen molar-refractivity contribution in [3.8, 4) is 0 Å². The molecule has 1 heterocycles. The summed E-state index contributed by atoms with van der Waals surface area (Å²) in [5, 5.41) is 3.38. The Morgan fingerprint density at radius 1 is 1.45 bits per heavy atom. The van der Waals surface area contributed by atoms with Crippen LogP contribution in [0.1, 0.15) is 20.8 Å². The number of hydrogen-bond acceptors (Lipinski definition) is 4. The van der Waals surface area contributed by atoms with E-state index in [1.807, 2.05) is 0 Å². The highest BCUT2D eigenvalue weighted by Gasteiger charge is 2.36. The van der Waals surface area contributed by atoms with E-state index in [4.69, 9.17) is 4.74 Å². The van der Waals surface area contributed by atoms with Crippen LogP contribution in [0.2, 0.25) is 0 Å². The van der Waals surface area contributed by atoms with Gasteiger partial charge < -0.3 is 19.9 Å². The quantitative estimate of drug-likeness (QED) is 0.311. The molecular weight excluding hydrogens is 395 g/mol. The van der Waals surface area contributed by atoms with Crippen LogP contribution in [0.25, 0.3) is 0 Å². The Kier molecular flexibility index (Phi) is 9.99. The van der Waals surface area contributed by atoms with Crippen LogP contribution < -0.4 is 5.32 Å². The number of ether oxygens (including phenoxy) is 1. The Hall–Kier alpha value is -0.570. The van der Waals surface area contributed by atoms with Gasteiger partial charge in [-0.25, -0.2) is 0 Å². The maximum Gasteiger partial charge on any atom is 0.310 e. The van der Waals surface area contributed by atoms with Gasteiger partial charge in [-0.3, -0.25) is 9.79 Å². The van der Waals surface area contributed by atoms with Crippen molar-refractivity contribution in [3.63, 3.8) is 0 Å². The predicted octanol–water partition coefficient (Wildman–Crippen LogP) is 1.26. The molecule has 0 saturated carbocycles. The van der Waals surface area contributed by atoms with Crippen LogP contribution >= 0.6 is 24.0 Å². The molecule has 22 heavy (non-hydrogen) atoms. The fraction of sp³-hybridized carbons (Fsp3) is 0.867. The van der Waals surface area contributed by atoms with Crippen molar-refractivity contribution >= 4 is 35.9 Å². The molecule has 0 bridgehead atoms. The molecule has 130 valence electrons. The Morgan fingerprint density at radius 3 is 2.59 bits per heavy atom. The summed E-state index contributed by atoms with van der Waals surface area (Å²) in [6.07, 6.45) is 0. The molecule has 0 radical (unpaired) electrons. The van der Waals surface area contributed by atoms with Crippen LogP contribution in [0, 0.1) is 11.8 Å². The highest BCUT2D eigenvalue weighted by atomic mass is 127. The number of guanidine groups is 1. The lowest BCUT2D eigenvalue weighted by molar-refractivity contribution is -0.145. The van der Waals surface area contributed by atoms with E-state index in [-0.39, 0.29) is 41.8 Å². The van der Waals surface area contributed by atoms with Crippen molar-refractivity contribution in [2.45, 2.75) is 26.8 Å². The Balaban J connectivity index is 0.00000441. The molecule has 0 spiro atoms. The first-order chi connectivity index (χ1) is 9.90. The van der Waals surface area contributed by atoms with Crippen LogP contribution in [0.3, 0.4) is 0 Å². The fourth-order valence-electron chi connectivity index (χ4n) is 2.53. The number of likely N-dealkylation sites (N-methyl/N-ethyl adjacent to an activating group) is 1. The second-order valence-electron chi connectivity index (χ2n) is 6.06. The van der Waals surface area contributed by atoms with Crippen molar-refractivity contribution in [2.75, 3.05) is 47.4 Å². The number of nitrogens with zero attached hydrogens (tertiary/aromatic N) is 3. The zero-order chi connectivity index (χ0) is 16.0.